The smallest absolute Gasteiger partial charge is 0.263 e. The summed E-state index contributed by atoms with van der Waals surface area (Å²) in [7, 11) is 0. The van der Waals surface area contributed by atoms with E-state index in [1.165, 1.54) is 11.3 Å². The van der Waals surface area contributed by atoms with Gasteiger partial charge in [0.1, 0.15) is 0 Å². The molecule has 1 aromatic heterocycles. The Kier molecular flexibility index (Phi) is 4.18. The zero-order chi connectivity index (χ0) is 12.1. The maximum Gasteiger partial charge on any atom is 0.263 e. The molecule has 0 aliphatic carbocycles. The van der Waals surface area contributed by atoms with Crippen LogP contribution in [-0.4, -0.2) is 35.6 Å². The Labute approximate surface area is 105 Å². The Morgan fingerprint density at radius 3 is 2.88 bits per heavy atom. The van der Waals surface area contributed by atoms with Crippen molar-refractivity contribution in [3.8, 4) is 11.8 Å². The molecule has 1 N–H and O–H groups in total. The molecule has 1 saturated heterocycles. The zero-order valence-electron chi connectivity index (χ0n) is 9.61. The first-order valence-corrected chi connectivity index (χ1v) is 6.62. The number of hydrogen-bond donors (Lipinski definition) is 1. The van der Waals surface area contributed by atoms with Crippen LogP contribution in [0.4, 0.5) is 0 Å². The highest BCUT2D eigenvalue weighted by Gasteiger charge is 2.20. The fourth-order valence-electron chi connectivity index (χ4n) is 1.80. The number of hydrogen-bond acceptors (Lipinski definition) is 3. The van der Waals surface area contributed by atoms with Gasteiger partial charge < -0.3 is 10.0 Å². The summed E-state index contributed by atoms with van der Waals surface area (Å²) in [5.41, 5.74) is 0. The second kappa shape index (κ2) is 5.85. The van der Waals surface area contributed by atoms with Gasteiger partial charge in [-0.1, -0.05) is 11.8 Å². The van der Waals surface area contributed by atoms with Gasteiger partial charge >= 0.3 is 0 Å². The number of carbonyl (C=O) groups excluding carboxylic acids is 1. The summed E-state index contributed by atoms with van der Waals surface area (Å²) in [6.45, 7) is 1.84. The van der Waals surface area contributed by atoms with Crippen molar-refractivity contribution < 1.29 is 9.90 Å². The number of nitrogens with zero attached hydrogens (tertiary/aromatic N) is 1. The number of thiophene rings is 1. The summed E-state index contributed by atoms with van der Waals surface area (Å²) in [5, 5.41) is 8.62. The van der Waals surface area contributed by atoms with Gasteiger partial charge in [0.05, 0.1) is 16.4 Å². The molecule has 0 radical (unpaired) electrons. The molecule has 4 heteroatoms. The van der Waals surface area contributed by atoms with Crippen molar-refractivity contribution in [1.82, 2.24) is 4.90 Å². The van der Waals surface area contributed by atoms with Gasteiger partial charge in [0.15, 0.2) is 0 Å². The van der Waals surface area contributed by atoms with Gasteiger partial charge in [-0.05, 0) is 25.0 Å². The number of carbonyl (C=O) groups is 1. The topological polar surface area (TPSA) is 40.5 Å². The van der Waals surface area contributed by atoms with Crippen molar-refractivity contribution in [2.45, 2.75) is 19.3 Å². The minimum absolute atomic E-state index is 0.0813. The zero-order valence-corrected chi connectivity index (χ0v) is 10.4. The van der Waals surface area contributed by atoms with Gasteiger partial charge in [-0.15, -0.1) is 11.3 Å². The van der Waals surface area contributed by atoms with Gasteiger partial charge in [-0.2, -0.15) is 0 Å². The second-order valence-electron chi connectivity index (χ2n) is 3.94. The van der Waals surface area contributed by atoms with Gasteiger partial charge in [-0.3, -0.25) is 4.79 Å². The highest BCUT2D eigenvalue weighted by atomic mass is 32.1. The lowest BCUT2D eigenvalue weighted by Crippen LogP contribution is -2.26. The van der Waals surface area contributed by atoms with Crippen molar-refractivity contribution in [2.24, 2.45) is 0 Å². The summed E-state index contributed by atoms with van der Waals surface area (Å²) in [6.07, 6.45) is 2.70. The minimum atomic E-state index is 0.0813. The first-order chi connectivity index (χ1) is 8.31. The molecule has 90 valence electrons. The van der Waals surface area contributed by atoms with Crippen LogP contribution in [0.1, 0.15) is 33.8 Å². The van der Waals surface area contributed by atoms with Crippen LogP contribution >= 0.6 is 11.3 Å². The molecule has 0 atom stereocenters. The Morgan fingerprint density at radius 2 is 2.18 bits per heavy atom. The van der Waals surface area contributed by atoms with Crippen LogP contribution < -0.4 is 0 Å². The molecule has 3 nitrogen and oxygen atoms in total. The quantitative estimate of drug-likeness (QED) is 0.811. The van der Waals surface area contributed by atoms with E-state index in [2.05, 4.69) is 11.8 Å². The molecule has 0 aromatic carbocycles. The number of amides is 1. The highest BCUT2D eigenvalue weighted by molar-refractivity contribution is 7.14. The third kappa shape index (κ3) is 3.09. The molecular weight excluding hydrogens is 234 g/mol. The van der Waals surface area contributed by atoms with Crippen LogP contribution in [0.25, 0.3) is 0 Å². The Hall–Kier alpha value is -1.31. The lowest BCUT2D eigenvalue weighted by molar-refractivity contribution is 0.0797. The minimum Gasteiger partial charge on any atom is -0.395 e. The average Bonchev–Trinajstić information content (AvgIpc) is 3.00. The third-order valence-electron chi connectivity index (χ3n) is 2.66. The largest absolute Gasteiger partial charge is 0.395 e. The van der Waals surface area contributed by atoms with Crippen LogP contribution in [0.3, 0.4) is 0 Å². The van der Waals surface area contributed by atoms with E-state index in [1.807, 2.05) is 17.0 Å². The van der Waals surface area contributed by atoms with Crippen LogP contribution in [0.2, 0.25) is 0 Å². The van der Waals surface area contributed by atoms with Gasteiger partial charge in [-0.25, -0.2) is 0 Å². The first kappa shape index (κ1) is 12.2. The molecule has 1 amide bonds. The van der Waals surface area contributed by atoms with E-state index in [0.29, 0.717) is 6.42 Å². The Morgan fingerprint density at radius 1 is 1.41 bits per heavy atom. The van der Waals surface area contributed by atoms with Gasteiger partial charge in [0.2, 0.25) is 0 Å². The molecule has 1 aromatic rings. The number of rotatable bonds is 2. The summed E-state index contributed by atoms with van der Waals surface area (Å²) in [4.78, 5) is 15.6. The van der Waals surface area contributed by atoms with Crippen molar-refractivity contribution in [3.63, 3.8) is 0 Å². The number of likely N-dealkylation sites (tertiary alicyclic amines) is 1. The van der Waals surface area contributed by atoms with Crippen LogP contribution in [0.15, 0.2) is 12.1 Å². The fourth-order valence-corrected chi connectivity index (χ4v) is 2.65. The average molecular weight is 249 g/mol. The maximum atomic E-state index is 12.0. The van der Waals surface area contributed by atoms with Crippen LogP contribution in [-0.2, 0) is 0 Å². The summed E-state index contributed by atoms with van der Waals surface area (Å²) in [6, 6.07) is 3.71. The van der Waals surface area contributed by atoms with E-state index in [0.717, 1.165) is 35.7 Å². The molecule has 2 heterocycles. The molecule has 17 heavy (non-hydrogen) atoms. The predicted octanol–water partition coefficient (Wildman–Crippen LogP) is 1.72. The Bertz CT molecular complexity index is 449. The van der Waals surface area contributed by atoms with Crippen molar-refractivity contribution in [1.29, 1.82) is 0 Å². The van der Waals surface area contributed by atoms with E-state index >= 15 is 0 Å². The SMILES string of the molecule is O=C(c1ccc(C#CCCO)s1)N1CCCC1. The molecule has 0 spiro atoms. The fraction of sp³-hybridized carbons (Fsp3) is 0.462. The van der Waals surface area contributed by atoms with Crippen molar-refractivity contribution >= 4 is 17.2 Å². The monoisotopic (exact) mass is 249 g/mol. The van der Waals surface area contributed by atoms with E-state index in [-0.39, 0.29) is 12.5 Å². The van der Waals surface area contributed by atoms with Crippen molar-refractivity contribution in [2.75, 3.05) is 19.7 Å². The van der Waals surface area contributed by atoms with E-state index in [4.69, 9.17) is 5.11 Å². The van der Waals surface area contributed by atoms with Gasteiger partial charge in [0.25, 0.3) is 5.91 Å². The molecule has 0 saturated carbocycles. The molecule has 1 fully saturated rings. The van der Waals surface area contributed by atoms with E-state index < -0.39 is 0 Å². The normalized spacial score (nSPS) is 14.5. The number of aliphatic hydroxyl groups is 1. The number of aliphatic hydroxyl groups excluding tert-OH is 1. The summed E-state index contributed by atoms with van der Waals surface area (Å²) < 4.78 is 0. The molecule has 1 aliphatic heterocycles. The standard InChI is InChI=1S/C13H15NO2S/c15-10-4-1-5-11-6-7-12(17-11)13(16)14-8-2-3-9-14/h6-7,15H,2-4,8-10H2. The van der Waals surface area contributed by atoms with Crippen LogP contribution in [0.5, 0.6) is 0 Å². The second-order valence-corrected chi connectivity index (χ2v) is 5.02. The lowest BCUT2D eigenvalue weighted by Gasteiger charge is -2.13. The van der Waals surface area contributed by atoms with Crippen LogP contribution in [0, 0.1) is 11.8 Å². The highest BCUT2D eigenvalue weighted by Crippen LogP contribution is 2.20. The molecule has 0 bridgehead atoms. The summed E-state index contributed by atoms with van der Waals surface area (Å²) in [5.74, 6) is 5.94. The molecule has 0 unspecified atom stereocenters. The lowest BCUT2D eigenvalue weighted by atomic mass is 10.3. The molecule has 2 rings (SSSR count). The molecular formula is C13H15NO2S. The Balaban J connectivity index is 2.02. The molecule has 1 aliphatic rings. The predicted molar refractivity (Wildman–Crippen MR) is 68.0 cm³/mol. The summed E-state index contributed by atoms with van der Waals surface area (Å²) >= 11 is 1.43. The van der Waals surface area contributed by atoms with Crippen molar-refractivity contribution in [3.05, 3.63) is 21.9 Å². The van der Waals surface area contributed by atoms with E-state index in [1.54, 1.807) is 0 Å². The van der Waals surface area contributed by atoms with E-state index in [9.17, 15) is 4.79 Å². The maximum absolute atomic E-state index is 12.0. The third-order valence-corrected chi connectivity index (χ3v) is 3.65. The first-order valence-electron chi connectivity index (χ1n) is 5.80. The van der Waals surface area contributed by atoms with Gasteiger partial charge in [0, 0.05) is 19.5 Å².